The average molecular weight is 513 g/mol. The molecule has 1 aromatic heterocycles. The SMILES string of the molecule is S=C(Nc1nnc(-c2ccccc2)c(-c2ccccc2)n1)N(/N=C/C=C/c1ccccc1)c1ccccc1. The number of nitrogens with zero attached hydrogens (tertiary/aromatic N) is 5. The zero-order valence-electron chi connectivity index (χ0n) is 20.4. The summed E-state index contributed by atoms with van der Waals surface area (Å²) in [5, 5.41) is 18.5. The van der Waals surface area contributed by atoms with Crippen molar-refractivity contribution in [2.75, 3.05) is 10.3 Å². The van der Waals surface area contributed by atoms with E-state index in [2.05, 4.69) is 20.6 Å². The number of benzene rings is 4. The smallest absolute Gasteiger partial charge is 0.249 e. The molecule has 0 unspecified atom stereocenters. The first-order valence-corrected chi connectivity index (χ1v) is 12.5. The number of aromatic nitrogens is 3. The van der Waals surface area contributed by atoms with Crippen molar-refractivity contribution < 1.29 is 0 Å². The molecule has 0 atom stereocenters. The number of hydrazone groups is 1. The molecular formula is C31H24N6S. The highest BCUT2D eigenvalue weighted by Crippen LogP contribution is 2.29. The zero-order valence-corrected chi connectivity index (χ0v) is 21.2. The Labute approximate surface area is 227 Å². The standard InChI is InChI=1S/C31H24N6S/c38-31(37(27-21-11-4-12-22-27)32-23-13-16-24-14-5-1-6-15-24)34-30-33-28(25-17-7-2-8-18-25)29(35-36-30)26-19-9-3-10-20-26/h1-23H,(H,33,34,36,38)/b16-13+,32-23+. The van der Waals surface area contributed by atoms with Crippen LogP contribution in [0.4, 0.5) is 11.6 Å². The predicted molar refractivity (Wildman–Crippen MR) is 160 cm³/mol. The van der Waals surface area contributed by atoms with E-state index in [0.29, 0.717) is 16.5 Å². The Balaban J connectivity index is 1.43. The summed E-state index contributed by atoms with van der Waals surface area (Å²) in [5.41, 5.74) is 5.14. The van der Waals surface area contributed by atoms with Crippen molar-refractivity contribution in [3.05, 3.63) is 133 Å². The number of thiocarbonyl (C=S) groups is 1. The molecule has 6 nitrogen and oxygen atoms in total. The summed E-state index contributed by atoms with van der Waals surface area (Å²) in [5.74, 6) is 0.282. The highest BCUT2D eigenvalue weighted by Gasteiger charge is 2.16. The van der Waals surface area contributed by atoms with Gasteiger partial charge in [0.2, 0.25) is 11.1 Å². The van der Waals surface area contributed by atoms with E-state index in [0.717, 1.165) is 22.4 Å². The highest BCUT2D eigenvalue weighted by molar-refractivity contribution is 7.80. The van der Waals surface area contributed by atoms with Crippen LogP contribution >= 0.6 is 12.2 Å². The summed E-state index contributed by atoms with van der Waals surface area (Å²) < 4.78 is 0. The van der Waals surface area contributed by atoms with E-state index >= 15 is 0 Å². The van der Waals surface area contributed by atoms with Crippen molar-refractivity contribution in [2.24, 2.45) is 5.10 Å². The number of para-hydroxylation sites is 1. The van der Waals surface area contributed by atoms with Gasteiger partial charge in [-0.05, 0) is 36.0 Å². The first-order chi connectivity index (χ1) is 18.8. The van der Waals surface area contributed by atoms with Gasteiger partial charge in [0.15, 0.2) is 0 Å². The summed E-state index contributed by atoms with van der Waals surface area (Å²) in [6, 6.07) is 39.5. The van der Waals surface area contributed by atoms with Gasteiger partial charge in [-0.1, -0.05) is 115 Å². The normalized spacial score (nSPS) is 11.1. The van der Waals surface area contributed by atoms with Crippen LogP contribution in [0.3, 0.4) is 0 Å². The lowest BCUT2D eigenvalue weighted by Crippen LogP contribution is -2.31. The van der Waals surface area contributed by atoms with Crippen LogP contribution in [0.5, 0.6) is 0 Å². The van der Waals surface area contributed by atoms with Crippen LogP contribution in [0.15, 0.2) is 133 Å². The molecule has 1 N–H and O–H groups in total. The topological polar surface area (TPSA) is 66.3 Å². The molecule has 0 aliphatic heterocycles. The lowest BCUT2D eigenvalue weighted by molar-refractivity contribution is 0.990. The number of nitrogens with one attached hydrogen (secondary N) is 1. The fraction of sp³-hybridized carbons (Fsp3) is 0. The van der Waals surface area contributed by atoms with E-state index < -0.39 is 0 Å². The van der Waals surface area contributed by atoms with Gasteiger partial charge in [-0.15, -0.1) is 10.2 Å². The lowest BCUT2D eigenvalue weighted by Gasteiger charge is -2.20. The minimum absolute atomic E-state index is 0.282. The Morgan fingerprint density at radius 2 is 1.24 bits per heavy atom. The van der Waals surface area contributed by atoms with Crippen molar-refractivity contribution in [1.82, 2.24) is 15.2 Å². The molecule has 7 heteroatoms. The van der Waals surface area contributed by atoms with Gasteiger partial charge in [0, 0.05) is 17.3 Å². The lowest BCUT2D eigenvalue weighted by atomic mass is 10.0. The Bertz CT molecular complexity index is 1540. The van der Waals surface area contributed by atoms with Gasteiger partial charge < -0.3 is 0 Å². The van der Waals surface area contributed by atoms with Crippen LogP contribution in [-0.4, -0.2) is 26.5 Å². The maximum atomic E-state index is 5.74. The molecule has 0 spiro atoms. The molecule has 0 aliphatic carbocycles. The van der Waals surface area contributed by atoms with Crippen molar-refractivity contribution in [2.45, 2.75) is 0 Å². The minimum atomic E-state index is 0.282. The van der Waals surface area contributed by atoms with Gasteiger partial charge in [-0.25, -0.2) is 9.99 Å². The van der Waals surface area contributed by atoms with Gasteiger partial charge in [-0.2, -0.15) is 5.10 Å². The van der Waals surface area contributed by atoms with Crippen LogP contribution in [0, 0.1) is 0 Å². The fourth-order valence-electron chi connectivity index (χ4n) is 3.74. The summed E-state index contributed by atoms with van der Waals surface area (Å²) in [6.45, 7) is 0. The largest absolute Gasteiger partial charge is 0.298 e. The number of allylic oxidation sites excluding steroid dienone is 1. The number of rotatable bonds is 7. The fourth-order valence-corrected chi connectivity index (χ4v) is 3.99. The molecular weight excluding hydrogens is 488 g/mol. The Kier molecular flexibility index (Phi) is 7.98. The number of hydrogen-bond acceptors (Lipinski definition) is 5. The summed E-state index contributed by atoms with van der Waals surface area (Å²) in [7, 11) is 0. The van der Waals surface area contributed by atoms with E-state index in [1.807, 2.05) is 133 Å². The number of anilines is 2. The molecule has 0 saturated carbocycles. The third-order valence-electron chi connectivity index (χ3n) is 5.55. The second kappa shape index (κ2) is 12.3. The second-order valence-electron chi connectivity index (χ2n) is 8.18. The molecule has 0 bridgehead atoms. The first-order valence-electron chi connectivity index (χ1n) is 12.1. The zero-order chi connectivity index (χ0) is 26.0. The third-order valence-corrected chi connectivity index (χ3v) is 5.82. The molecule has 184 valence electrons. The number of hydrogen-bond donors (Lipinski definition) is 1. The Hall–Kier alpha value is -5.01. The maximum Gasteiger partial charge on any atom is 0.249 e. The van der Waals surface area contributed by atoms with Crippen LogP contribution in [0.25, 0.3) is 28.6 Å². The monoisotopic (exact) mass is 512 g/mol. The molecule has 0 amide bonds. The molecule has 0 saturated heterocycles. The van der Waals surface area contributed by atoms with E-state index in [4.69, 9.17) is 17.2 Å². The van der Waals surface area contributed by atoms with Crippen molar-refractivity contribution in [3.63, 3.8) is 0 Å². The van der Waals surface area contributed by atoms with E-state index in [1.165, 1.54) is 0 Å². The molecule has 38 heavy (non-hydrogen) atoms. The van der Waals surface area contributed by atoms with Crippen molar-refractivity contribution >= 4 is 41.3 Å². The van der Waals surface area contributed by atoms with Crippen LogP contribution in [0.1, 0.15) is 5.56 Å². The Morgan fingerprint density at radius 1 is 0.684 bits per heavy atom. The van der Waals surface area contributed by atoms with Gasteiger partial charge in [-0.3, -0.25) is 5.32 Å². The van der Waals surface area contributed by atoms with Gasteiger partial charge in [0.1, 0.15) is 11.4 Å². The first kappa shape index (κ1) is 24.7. The average Bonchev–Trinajstić information content (AvgIpc) is 2.99. The minimum Gasteiger partial charge on any atom is -0.298 e. The molecule has 5 aromatic rings. The molecule has 5 rings (SSSR count). The van der Waals surface area contributed by atoms with Crippen molar-refractivity contribution in [1.29, 1.82) is 0 Å². The molecule has 0 radical (unpaired) electrons. The van der Waals surface area contributed by atoms with Crippen LogP contribution < -0.4 is 10.3 Å². The van der Waals surface area contributed by atoms with Gasteiger partial charge in [0.25, 0.3) is 0 Å². The summed E-state index contributed by atoms with van der Waals surface area (Å²) in [6.07, 6.45) is 5.54. The quantitative estimate of drug-likeness (QED) is 0.142. The molecule has 0 fully saturated rings. The van der Waals surface area contributed by atoms with Crippen LogP contribution in [0.2, 0.25) is 0 Å². The van der Waals surface area contributed by atoms with E-state index in [-0.39, 0.29) is 5.95 Å². The predicted octanol–water partition coefficient (Wildman–Crippen LogP) is 7.11. The van der Waals surface area contributed by atoms with E-state index in [9.17, 15) is 0 Å². The highest BCUT2D eigenvalue weighted by atomic mass is 32.1. The van der Waals surface area contributed by atoms with Gasteiger partial charge in [0.05, 0.1) is 5.69 Å². The summed E-state index contributed by atoms with van der Waals surface area (Å²) >= 11 is 5.74. The van der Waals surface area contributed by atoms with Crippen molar-refractivity contribution in [3.8, 4) is 22.5 Å². The van der Waals surface area contributed by atoms with Crippen LogP contribution in [-0.2, 0) is 0 Å². The van der Waals surface area contributed by atoms with Gasteiger partial charge >= 0.3 is 0 Å². The molecule has 1 heterocycles. The third kappa shape index (κ3) is 6.21. The molecule has 4 aromatic carbocycles. The second-order valence-corrected chi connectivity index (χ2v) is 8.56. The van der Waals surface area contributed by atoms with E-state index in [1.54, 1.807) is 11.2 Å². The maximum absolute atomic E-state index is 5.74. The summed E-state index contributed by atoms with van der Waals surface area (Å²) in [4.78, 5) is 4.81. The molecule has 0 aliphatic rings. The Morgan fingerprint density at radius 3 is 1.87 bits per heavy atom.